The molecule has 2 aromatic rings. The number of nitrogens with one attached hydrogen (secondary N) is 1. The number of rotatable bonds is 6. The molecule has 1 aromatic heterocycles. The highest BCUT2D eigenvalue weighted by Crippen LogP contribution is 2.24. The van der Waals surface area contributed by atoms with Crippen molar-refractivity contribution in [3.63, 3.8) is 0 Å². The average Bonchev–Trinajstić information content (AvgIpc) is 2.90. The van der Waals surface area contributed by atoms with Gasteiger partial charge >= 0.3 is 4.87 Å². The van der Waals surface area contributed by atoms with Crippen LogP contribution in [0.25, 0.3) is 10.2 Å². The third-order valence-electron chi connectivity index (χ3n) is 6.04. The molecule has 0 unspecified atom stereocenters. The molecular weight excluding hydrogens is 438 g/mol. The first kappa shape index (κ1) is 22.4. The molecule has 1 aromatic carbocycles. The van der Waals surface area contributed by atoms with Crippen molar-refractivity contribution in [3.05, 3.63) is 27.9 Å². The molecule has 170 valence electrons. The Balaban J connectivity index is 1.48. The standard InChI is InChI=1S/C21H29N3O5S2/c25-20(23-11-13-29-14-12-23)9-10-24-18-8-7-17(15-19(18)30-21(24)26)31(27,28)22-16-5-3-1-2-4-6-16/h7-8,15-16,22H,1-6,9-14H2. The molecule has 10 heteroatoms. The zero-order valence-electron chi connectivity index (χ0n) is 17.5. The Morgan fingerprint density at radius 2 is 1.84 bits per heavy atom. The van der Waals surface area contributed by atoms with Crippen LogP contribution in [0.3, 0.4) is 0 Å². The van der Waals surface area contributed by atoms with E-state index >= 15 is 0 Å². The summed E-state index contributed by atoms with van der Waals surface area (Å²) in [4.78, 5) is 26.7. The van der Waals surface area contributed by atoms with E-state index in [0.717, 1.165) is 49.9 Å². The van der Waals surface area contributed by atoms with Crippen LogP contribution in [0.2, 0.25) is 0 Å². The third kappa shape index (κ3) is 5.36. The van der Waals surface area contributed by atoms with Gasteiger partial charge in [-0.15, -0.1) is 0 Å². The van der Waals surface area contributed by atoms with Crippen LogP contribution in [0.4, 0.5) is 0 Å². The summed E-state index contributed by atoms with van der Waals surface area (Å²) in [6.45, 7) is 2.51. The fourth-order valence-electron chi connectivity index (χ4n) is 4.29. The number of thiazole rings is 1. The van der Waals surface area contributed by atoms with Crippen molar-refractivity contribution < 1.29 is 17.9 Å². The maximum absolute atomic E-state index is 12.9. The van der Waals surface area contributed by atoms with E-state index in [1.54, 1.807) is 27.7 Å². The van der Waals surface area contributed by atoms with Crippen LogP contribution in [0, 0.1) is 0 Å². The number of aryl methyl sites for hydroxylation is 1. The van der Waals surface area contributed by atoms with Gasteiger partial charge in [0.1, 0.15) is 0 Å². The Labute approximate surface area is 186 Å². The minimum Gasteiger partial charge on any atom is -0.378 e. The van der Waals surface area contributed by atoms with Crippen molar-refractivity contribution in [1.82, 2.24) is 14.2 Å². The maximum atomic E-state index is 12.9. The number of fused-ring (bicyclic) bond motifs is 1. The van der Waals surface area contributed by atoms with Crippen LogP contribution < -0.4 is 9.60 Å². The molecule has 2 heterocycles. The number of sulfonamides is 1. The zero-order chi connectivity index (χ0) is 21.8. The van der Waals surface area contributed by atoms with E-state index in [1.807, 2.05) is 0 Å². The van der Waals surface area contributed by atoms with Gasteiger partial charge in [-0.3, -0.25) is 14.2 Å². The molecule has 4 rings (SSSR count). The summed E-state index contributed by atoms with van der Waals surface area (Å²) in [5.74, 6) is 0.00125. The van der Waals surface area contributed by atoms with E-state index in [4.69, 9.17) is 4.74 Å². The topological polar surface area (TPSA) is 97.7 Å². The van der Waals surface area contributed by atoms with Gasteiger partial charge in [-0.25, -0.2) is 13.1 Å². The van der Waals surface area contributed by atoms with Gasteiger partial charge in [-0.1, -0.05) is 37.0 Å². The lowest BCUT2D eigenvalue weighted by molar-refractivity contribution is -0.135. The zero-order valence-corrected chi connectivity index (χ0v) is 19.2. The van der Waals surface area contributed by atoms with Crippen LogP contribution >= 0.6 is 11.3 Å². The quantitative estimate of drug-likeness (QED) is 0.658. The second-order valence-electron chi connectivity index (χ2n) is 8.20. The lowest BCUT2D eigenvalue weighted by Crippen LogP contribution is -2.41. The minimum absolute atomic E-state index is 0.00125. The van der Waals surface area contributed by atoms with Crippen LogP contribution in [0.15, 0.2) is 27.9 Å². The number of nitrogens with zero attached hydrogens (tertiary/aromatic N) is 2. The molecule has 1 aliphatic heterocycles. The SMILES string of the molecule is O=C(CCn1c(=O)sc2cc(S(=O)(=O)NC3CCCCCC3)ccc21)N1CCOCC1. The molecule has 0 radical (unpaired) electrons. The smallest absolute Gasteiger partial charge is 0.308 e. The number of morpholine rings is 1. The van der Waals surface area contributed by atoms with Gasteiger partial charge in [0, 0.05) is 32.1 Å². The summed E-state index contributed by atoms with van der Waals surface area (Å²) in [6.07, 6.45) is 6.35. The average molecular weight is 468 g/mol. The number of carbonyl (C=O) groups is 1. The minimum atomic E-state index is -3.64. The molecule has 0 atom stereocenters. The van der Waals surface area contributed by atoms with E-state index in [-0.39, 0.29) is 34.7 Å². The van der Waals surface area contributed by atoms with Crippen molar-refractivity contribution >= 4 is 37.5 Å². The van der Waals surface area contributed by atoms with Crippen molar-refractivity contribution in [3.8, 4) is 0 Å². The molecule has 8 nitrogen and oxygen atoms in total. The highest BCUT2D eigenvalue weighted by atomic mass is 32.2. The van der Waals surface area contributed by atoms with Crippen molar-refractivity contribution in [2.75, 3.05) is 26.3 Å². The van der Waals surface area contributed by atoms with E-state index in [9.17, 15) is 18.0 Å². The fourth-order valence-corrected chi connectivity index (χ4v) is 6.65. The highest BCUT2D eigenvalue weighted by molar-refractivity contribution is 7.89. The second-order valence-corrected chi connectivity index (χ2v) is 10.9. The first-order valence-electron chi connectivity index (χ1n) is 11.0. The lowest BCUT2D eigenvalue weighted by atomic mass is 10.1. The number of hydrogen-bond donors (Lipinski definition) is 1. The normalized spacial score (nSPS) is 18.9. The number of aromatic nitrogens is 1. The second kappa shape index (κ2) is 9.81. The van der Waals surface area contributed by atoms with Crippen LogP contribution in [0.5, 0.6) is 0 Å². The lowest BCUT2D eigenvalue weighted by Gasteiger charge is -2.26. The first-order chi connectivity index (χ1) is 14.9. The molecule has 2 aliphatic rings. The molecule has 0 spiro atoms. The van der Waals surface area contributed by atoms with Gasteiger partial charge in [-0.05, 0) is 31.0 Å². The van der Waals surface area contributed by atoms with Gasteiger partial charge in [0.15, 0.2) is 0 Å². The van der Waals surface area contributed by atoms with E-state index in [0.29, 0.717) is 36.5 Å². The van der Waals surface area contributed by atoms with Crippen molar-refractivity contribution in [2.24, 2.45) is 0 Å². The van der Waals surface area contributed by atoms with Crippen LogP contribution in [-0.4, -0.2) is 56.1 Å². The molecule has 1 aliphatic carbocycles. The number of carbonyl (C=O) groups excluding carboxylic acids is 1. The van der Waals surface area contributed by atoms with Gasteiger partial charge in [-0.2, -0.15) is 0 Å². The van der Waals surface area contributed by atoms with Gasteiger partial charge < -0.3 is 9.64 Å². The van der Waals surface area contributed by atoms with E-state index in [2.05, 4.69) is 4.72 Å². The molecule has 1 amide bonds. The predicted octanol–water partition coefficient (Wildman–Crippen LogP) is 2.31. The number of amides is 1. The van der Waals surface area contributed by atoms with Crippen molar-refractivity contribution in [2.45, 2.75) is 62.4 Å². The third-order valence-corrected chi connectivity index (χ3v) is 8.50. The summed E-state index contributed by atoms with van der Waals surface area (Å²) >= 11 is 1.02. The Hall–Kier alpha value is -1.75. The van der Waals surface area contributed by atoms with Crippen LogP contribution in [-0.2, 0) is 26.1 Å². The monoisotopic (exact) mass is 467 g/mol. The van der Waals surface area contributed by atoms with Crippen molar-refractivity contribution in [1.29, 1.82) is 0 Å². The summed E-state index contributed by atoms with van der Waals surface area (Å²) in [6, 6.07) is 4.76. The Morgan fingerprint density at radius 3 is 2.55 bits per heavy atom. The molecule has 0 bridgehead atoms. The number of hydrogen-bond acceptors (Lipinski definition) is 6. The number of benzene rings is 1. The van der Waals surface area contributed by atoms with Gasteiger partial charge in [0.2, 0.25) is 15.9 Å². The number of ether oxygens (including phenoxy) is 1. The Kier molecular flexibility index (Phi) is 7.10. The molecular formula is C21H29N3O5S2. The molecule has 1 saturated heterocycles. The maximum Gasteiger partial charge on any atom is 0.308 e. The Bertz CT molecular complexity index is 1080. The molecule has 31 heavy (non-hydrogen) atoms. The fraction of sp³-hybridized carbons (Fsp3) is 0.619. The largest absolute Gasteiger partial charge is 0.378 e. The highest BCUT2D eigenvalue weighted by Gasteiger charge is 2.23. The molecule has 1 N–H and O–H groups in total. The van der Waals surface area contributed by atoms with E-state index in [1.165, 1.54) is 0 Å². The van der Waals surface area contributed by atoms with Gasteiger partial charge in [0.25, 0.3) is 0 Å². The molecule has 2 fully saturated rings. The van der Waals surface area contributed by atoms with E-state index < -0.39 is 10.0 Å². The molecule has 1 saturated carbocycles. The van der Waals surface area contributed by atoms with Crippen LogP contribution in [0.1, 0.15) is 44.9 Å². The summed E-state index contributed by atoms with van der Waals surface area (Å²) < 4.78 is 36.1. The van der Waals surface area contributed by atoms with Gasteiger partial charge in [0.05, 0.1) is 28.3 Å². The summed E-state index contributed by atoms with van der Waals surface area (Å²) in [5, 5.41) is 0. The summed E-state index contributed by atoms with van der Waals surface area (Å²) in [7, 11) is -3.64. The predicted molar refractivity (Wildman–Crippen MR) is 120 cm³/mol. The first-order valence-corrected chi connectivity index (χ1v) is 13.3. The summed E-state index contributed by atoms with van der Waals surface area (Å²) in [5.41, 5.74) is 0.665. The Morgan fingerprint density at radius 1 is 1.13 bits per heavy atom.